The Morgan fingerprint density at radius 1 is 1.40 bits per heavy atom. The summed E-state index contributed by atoms with van der Waals surface area (Å²) in [7, 11) is 0. The average molecular weight is 291 g/mol. The second kappa shape index (κ2) is 6.38. The normalized spacial score (nSPS) is 10.3. The number of anilines is 2. The van der Waals surface area contributed by atoms with Gasteiger partial charge in [0, 0.05) is 10.6 Å². The van der Waals surface area contributed by atoms with Crippen molar-refractivity contribution in [1.82, 2.24) is 4.98 Å². The molecule has 0 saturated heterocycles. The zero-order valence-electron chi connectivity index (χ0n) is 11.5. The van der Waals surface area contributed by atoms with Crippen molar-refractivity contribution in [3.8, 4) is 5.75 Å². The lowest BCUT2D eigenvalue weighted by Crippen LogP contribution is -2.20. The van der Waals surface area contributed by atoms with E-state index in [2.05, 4.69) is 10.3 Å². The number of aryl methyl sites for hydroxylation is 2. The number of carbonyl (C=O) groups excluding carboxylic acids is 1. The molecule has 1 aromatic heterocycles. The predicted molar refractivity (Wildman–Crippen MR) is 81.2 cm³/mol. The van der Waals surface area contributed by atoms with Gasteiger partial charge in [-0.2, -0.15) is 0 Å². The van der Waals surface area contributed by atoms with E-state index < -0.39 is 0 Å². The summed E-state index contributed by atoms with van der Waals surface area (Å²) in [6, 6.07) is 6.91. The lowest BCUT2D eigenvalue weighted by molar-refractivity contribution is -0.118. The van der Waals surface area contributed by atoms with Crippen molar-refractivity contribution in [3.05, 3.63) is 34.8 Å². The van der Waals surface area contributed by atoms with Gasteiger partial charge in [0.2, 0.25) is 0 Å². The molecule has 1 amide bonds. The Bertz CT molecular complexity index is 593. The van der Waals surface area contributed by atoms with Gasteiger partial charge in [0.05, 0.1) is 5.69 Å². The first-order chi connectivity index (χ1) is 9.58. The van der Waals surface area contributed by atoms with Gasteiger partial charge in [-0.1, -0.05) is 6.92 Å². The first-order valence-corrected chi connectivity index (χ1v) is 7.14. The molecule has 1 heterocycles. The van der Waals surface area contributed by atoms with Crippen molar-refractivity contribution in [3.63, 3.8) is 0 Å². The number of hydrogen-bond donors (Lipinski definition) is 2. The fraction of sp³-hybridized carbons (Fsp3) is 0.286. The number of aromatic nitrogens is 1. The highest BCUT2D eigenvalue weighted by molar-refractivity contribution is 7.15. The molecule has 6 heteroatoms. The van der Waals surface area contributed by atoms with Gasteiger partial charge >= 0.3 is 0 Å². The van der Waals surface area contributed by atoms with E-state index in [4.69, 9.17) is 10.5 Å². The Morgan fingerprint density at radius 3 is 2.70 bits per heavy atom. The molecule has 0 spiro atoms. The van der Waals surface area contributed by atoms with Gasteiger partial charge in [-0.15, -0.1) is 11.3 Å². The molecule has 2 rings (SSSR count). The highest BCUT2D eigenvalue weighted by Gasteiger charge is 2.09. The third-order valence-electron chi connectivity index (χ3n) is 2.72. The summed E-state index contributed by atoms with van der Waals surface area (Å²) in [5.41, 5.74) is 7.25. The van der Waals surface area contributed by atoms with Gasteiger partial charge in [-0.25, -0.2) is 4.98 Å². The minimum atomic E-state index is -0.224. The van der Waals surface area contributed by atoms with E-state index in [1.807, 2.05) is 13.8 Å². The van der Waals surface area contributed by atoms with Crippen LogP contribution in [0.1, 0.15) is 17.5 Å². The summed E-state index contributed by atoms with van der Waals surface area (Å²) in [4.78, 5) is 17.2. The molecule has 1 aromatic carbocycles. The molecule has 106 valence electrons. The smallest absolute Gasteiger partial charge is 0.264 e. The van der Waals surface area contributed by atoms with Crippen molar-refractivity contribution < 1.29 is 9.53 Å². The Hall–Kier alpha value is -2.08. The monoisotopic (exact) mass is 291 g/mol. The van der Waals surface area contributed by atoms with Crippen molar-refractivity contribution >= 4 is 28.1 Å². The highest BCUT2D eigenvalue weighted by Crippen LogP contribution is 2.22. The number of nitrogens with two attached hydrogens (primary N) is 1. The number of nitrogen functional groups attached to an aromatic ring is 1. The number of amides is 1. The summed E-state index contributed by atoms with van der Waals surface area (Å²) in [6.45, 7) is 3.99. The topological polar surface area (TPSA) is 77.2 Å². The van der Waals surface area contributed by atoms with E-state index in [9.17, 15) is 4.79 Å². The molecular formula is C14H17N3O2S. The maximum atomic E-state index is 11.8. The zero-order chi connectivity index (χ0) is 14.5. The molecule has 0 bridgehead atoms. The van der Waals surface area contributed by atoms with E-state index in [1.54, 1.807) is 24.3 Å². The molecule has 5 nitrogen and oxygen atoms in total. The van der Waals surface area contributed by atoms with Crippen LogP contribution in [-0.4, -0.2) is 17.5 Å². The van der Waals surface area contributed by atoms with Gasteiger partial charge in [0.1, 0.15) is 5.75 Å². The Kier molecular flexibility index (Phi) is 4.57. The van der Waals surface area contributed by atoms with Crippen molar-refractivity contribution in [2.45, 2.75) is 20.3 Å². The Balaban J connectivity index is 1.87. The molecule has 0 aliphatic carbocycles. The van der Waals surface area contributed by atoms with Crippen LogP contribution < -0.4 is 15.8 Å². The number of hydrogen-bond acceptors (Lipinski definition) is 5. The number of nitrogens with one attached hydrogen (secondary N) is 1. The SMILES string of the molecule is CCc1nc(NC(=O)COc2ccc(N)cc2)sc1C. The molecule has 2 aromatic rings. The minimum absolute atomic E-state index is 0.0516. The number of ether oxygens (including phenoxy) is 1. The summed E-state index contributed by atoms with van der Waals surface area (Å²) >= 11 is 1.48. The van der Waals surface area contributed by atoms with E-state index in [-0.39, 0.29) is 12.5 Å². The summed E-state index contributed by atoms with van der Waals surface area (Å²) in [5.74, 6) is 0.386. The lowest BCUT2D eigenvalue weighted by Gasteiger charge is -2.05. The lowest BCUT2D eigenvalue weighted by atomic mass is 10.3. The third kappa shape index (κ3) is 3.71. The minimum Gasteiger partial charge on any atom is -0.484 e. The predicted octanol–water partition coefficient (Wildman–Crippen LogP) is 2.61. The fourth-order valence-electron chi connectivity index (χ4n) is 1.68. The van der Waals surface area contributed by atoms with Crippen LogP contribution in [0.5, 0.6) is 5.75 Å². The van der Waals surface area contributed by atoms with Crippen LogP contribution >= 0.6 is 11.3 Å². The van der Waals surface area contributed by atoms with Gasteiger partial charge in [-0.05, 0) is 37.6 Å². The molecule has 0 unspecified atom stereocenters. The number of benzene rings is 1. The second-order valence-corrected chi connectivity index (χ2v) is 5.48. The maximum absolute atomic E-state index is 11.8. The molecule has 20 heavy (non-hydrogen) atoms. The van der Waals surface area contributed by atoms with Gasteiger partial charge in [0.25, 0.3) is 5.91 Å². The summed E-state index contributed by atoms with van der Waals surface area (Å²) < 4.78 is 5.37. The third-order valence-corrected chi connectivity index (χ3v) is 3.65. The van der Waals surface area contributed by atoms with Crippen LogP contribution in [0.25, 0.3) is 0 Å². The molecule has 0 aliphatic heterocycles. The van der Waals surface area contributed by atoms with Crippen LogP contribution in [0.4, 0.5) is 10.8 Å². The van der Waals surface area contributed by atoms with Crippen LogP contribution in [0, 0.1) is 6.92 Å². The molecule has 0 atom stereocenters. The molecule has 0 fully saturated rings. The molecule has 3 N–H and O–H groups in total. The van der Waals surface area contributed by atoms with Crippen LogP contribution in [0.3, 0.4) is 0 Å². The number of thiazole rings is 1. The van der Waals surface area contributed by atoms with E-state index in [0.717, 1.165) is 17.0 Å². The molecule has 0 radical (unpaired) electrons. The Morgan fingerprint density at radius 2 is 2.10 bits per heavy atom. The van der Waals surface area contributed by atoms with Crippen molar-refractivity contribution in [2.75, 3.05) is 17.7 Å². The van der Waals surface area contributed by atoms with Gasteiger partial charge in [0.15, 0.2) is 11.7 Å². The van der Waals surface area contributed by atoms with E-state index in [0.29, 0.717) is 16.6 Å². The summed E-state index contributed by atoms with van der Waals surface area (Å²) in [5, 5.41) is 3.35. The Labute approximate surface area is 121 Å². The van der Waals surface area contributed by atoms with Crippen LogP contribution in [0.2, 0.25) is 0 Å². The number of rotatable bonds is 5. The van der Waals surface area contributed by atoms with Crippen LogP contribution in [-0.2, 0) is 11.2 Å². The molecule has 0 saturated carbocycles. The van der Waals surface area contributed by atoms with E-state index >= 15 is 0 Å². The van der Waals surface area contributed by atoms with Crippen molar-refractivity contribution in [1.29, 1.82) is 0 Å². The summed E-state index contributed by atoms with van der Waals surface area (Å²) in [6.07, 6.45) is 0.861. The largest absolute Gasteiger partial charge is 0.484 e. The highest BCUT2D eigenvalue weighted by atomic mass is 32.1. The average Bonchev–Trinajstić information content (AvgIpc) is 2.78. The quantitative estimate of drug-likeness (QED) is 0.830. The van der Waals surface area contributed by atoms with Crippen LogP contribution in [0.15, 0.2) is 24.3 Å². The maximum Gasteiger partial charge on any atom is 0.264 e. The van der Waals surface area contributed by atoms with Gasteiger partial charge in [-0.3, -0.25) is 10.1 Å². The number of nitrogens with zero attached hydrogens (tertiary/aromatic N) is 1. The fourth-order valence-corrected chi connectivity index (χ4v) is 2.60. The number of carbonyl (C=O) groups is 1. The van der Waals surface area contributed by atoms with E-state index in [1.165, 1.54) is 11.3 Å². The van der Waals surface area contributed by atoms with Gasteiger partial charge < -0.3 is 10.5 Å². The second-order valence-electron chi connectivity index (χ2n) is 4.28. The zero-order valence-corrected chi connectivity index (χ0v) is 12.3. The standard InChI is InChI=1S/C14H17N3O2S/c1-3-12-9(2)20-14(16-12)17-13(18)8-19-11-6-4-10(15)5-7-11/h4-7H,3,8,15H2,1-2H3,(H,16,17,18). The molecular weight excluding hydrogens is 274 g/mol. The first kappa shape index (κ1) is 14.3. The first-order valence-electron chi connectivity index (χ1n) is 6.33. The van der Waals surface area contributed by atoms with Crippen molar-refractivity contribution in [2.24, 2.45) is 0 Å². The molecule has 0 aliphatic rings.